The highest BCUT2D eigenvalue weighted by molar-refractivity contribution is 7.11. The number of thiophene rings is 1. The SMILES string of the molecule is C=CCOC(=O)C1=C(C)N=c2s/c(=C\c3sccc3C)c(=O)n2C1c1ccc(OC)c(OC)c1. The van der Waals surface area contributed by atoms with E-state index in [1.54, 1.807) is 42.1 Å². The lowest BCUT2D eigenvalue weighted by atomic mass is 9.95. The summed E-state index contributed by atoms with van der Waals surface area (Å²) in [6.07, 6.45) is 3.38. The third kappa shape index (κ3) is 4.24. The topological polar surface area (TPSA) is 79.1 Å². The van der Waals surface area contributed by atoms with Gasteiger partial charge in [-0.05, 0) is 54.6 Å². The van der Waals surface area contributed by atoms with Gasteiger partial charge >= 0.3 is 5.97 Å². The van der Waals surface area contributed by atoms with Crippen molar-refractivity contribution in [1.82, 2.24) is 4.57 Å². The smallest absolute Gasteiger partial charge is 0.338 e. The fraction of sp³-hybridized carbons (Fsp3) is 0.240. The van der Waals surface area contributed by atoms with Gasteiger partial charge in [-0.3, -0.25) is 9.36 Å². The number of hydrogen-bond acceptors (Lipinski definition) is 8. The van der Waals surface area contributed by atoms with Gasteiger partial charge in [-0.2, -0.15) is 0 Å². The van der Waals surface area contributed by atoms with Gasteiger partial charge in [0, 0.05) is 4.88 Å². The minimum absolute atomic E-state index is 0.0519. The fourth-order valence-corrected chi connectivity index (χ4v) is 5.75. The Morgan fingerprint density at radius 1 is 1.21 bits per heavy atom. The molecular weight excluding hydrogens is 472 g/mol. The highest BCUT2D eigenvalue weighted by atomic mass is 32.1. The van der Waals surface area contributed by atoms with Crippen LogP contribution in [0.2, 0.25) is 0 Å². The van der Waals surface area contributed by atoms with E-state index < -0.39 is 12.0 Å². The van der Waals surface area contributed by atoms with Crippen molar-refractivity contribution >= 4 is 34.7 Å². The van der Waals surface area contributed by atoms with Crippen LogP contribution in [0.1, 0.15) is 29.0 Å². The average Bonchev–Trinajstić information content (AvgIpc) is 3.38. The molecule has 7 nitrogen and oxygen atoms in total. The third-order valence-electron chi connectivity index (χ3n) is 5.46. The number of carbonyl (C=O) groups is 1. The summed E-state index contributed by atoms with van der Waals surface area (Å²) in [7, 11) is 3.09. The van der Waals surface area contributed by atoms with Crippen LogP contribution in [-0.4, -0.2) is 31.4 Å². The van der Waals surface area contributed by atoms with Crippen molar-refractivity contribution < 1.29 is 19.0 Å². The van der Waals surface area contributed by atoms with Crippen LogP contribution < -0.4 is 24.4 Å². The van der Waals surface area contributed by atoms with E-state index in [-0.39, 0.29) is 12.2 Å². The maximum Gasteiger partial charge on any atom is 0.338 e. The monoisotopic (exact) mass is 496 g/mol. The second kappa shape index (κ2) is 9.82. The number of benzene rings is 1. The minimum Gasteiger partial charge on any atom is -0.493 e. The van der Waals surface area contributed by atoms with Gasteiger partial charge in [-0.1, -0.05) is 30.1 Å². The molecule has 1 aliphatic heterocycles. The van der Waals surface area contributed by atoms with Crippen molar-refractivity contribution in [2.75, 3.05) is 20.8 Å². The van der Waals surface area contributed by atoms with Crippen LogP contribution in [0.5, 0.6) is 11.5 Å². The number of thiazole rings is 1. The molecule has 3 heterocycles. The molecule has 1 aromatic carbocycles. The number of aryl methyl sites for hydroxylation is 1. The van der Waals surface area contributed by atoms with Crippen molar-refractivity contribution in [2.24, 2.45) is 4.99 Å². The first-order valence-electron chi connectivity index (χ1n) is 10.5. The zero-order chi connectivity index (χ0) is 24.4. The maximum absolute atomic E-state index is 13.6. The summed E-state index contributed by atoms with van der Waals surface area (Å²) in [5.41, 5.74) is 2.33. The first-order valence-corrected chi connectivity index (χ1v) is 12.2. The standard InChI is InChI=1S/C25H24N2O5S2/c1-6-10-32-24(29)21-15(3)26-25-27(22(21)16-7-8-17(30-4)18(12-16)31-5)23(28)20(34-25)13-19-14(2)9-11-33-19/h6-9,11-13,22H,1,10H2,2-5H3/b20-13-. The Balaban J connectivity index is 1.97. The molecule has 0 radical (unpaired) electrons. The molecule has 0 fully saturated rings. The van der Waals surface area contributed by atoms with E-state index in [2.05, 4.69) is 11.6 Å². The predicted octanol–water partition coefficient (Wildman–Crippen LogP) is 3.35. The molecule has 1 unspecified atom stereocenters. The minimum atomic E-state index is -0.736. The van der Waals surface area contributed by atoms with Crippen molar-refractivity contribution in [3.05, 3.63) is 89.3 Å². The van der Waals surface area contributed by atoms with Gasteiger partial charge in [0.05, 0.1) is 36.1 Å². The quantitative estimate of drug-likeness (QED) is 0.370. The van der Waals surface area contributed by atoms with Gasteiger partial charge in [0.1, 0.15) is 6.61 Å². The van der Waals surface area contributed by atoms with Gasteiger partial charge in [0.25, 0.3) is 5.56 Å². The molecule has 2 aromatic heterocycles. The number of rotatable bonds is 7. The predicted molar refractivity (Wildman–Crippen MR) is 134 cm³/mol. The Hall–Kier alpha value is -3.43. The summed E-state index contributed by atoms with van der Waals surface area (Å²) in [5.74, 6) is 0.484. The summed E-state index contributed by atoms with van der Waals surface area (Å²) >= 11 is 2.87. The lowest BCUT2D eigenvalue weighted by molar-refractivity contribution is -0.138. The number of fused-ring (bicyclic) bond motifs is 1. The number of allylic oxidation sites excluding steroid dienone is 1. The molecule has 176 valence electrons. The number of nitrogens with zero attached hydrogens (tertiary/aromatic N) is 2. The van der Waals surface area contributed by atoms with E-state index in [1.807, 2.05) is 30.5 Å². The van der Waals surface area contributed by atoms with E-state index in [1.165, 1.54) is 24.5 Å². The lowest BCUT2D eigenvalue weighted by Crippen LogP contribution is -2.40. The molecule has 4 rings (SSSR count). The van der Waals surface area contributed by atoms with E-state index >= 15 is 0 Å². The zero-order valence-electron chi connectivity index (χ0n) is 19.3. The van der Waals surface area contributed by atoms with Crippen LogP contribution in [0.25, 0.3) is 6.08 Å². The van der Waals surface area contributed by atoms with Crippen molar-refractivity contribution in [3.63, 3.8) is 0 Å². The van der Waals surface area contributed by atoms with Crippen molar-refractivity contribution in [3.8, 4) is 11.5 Å². The fourth-order valence-electron chi connectivity index (χ4n) is 3.78. The Morgan fingerprint density at radius 3 is 2.62 bits per heavy atom. The highest BCUT2D eigenvalue weighted by Crippen LogP contribution is 2.36. The average molecular weight is 497 g/mol. The number of ether oxygens (including phenoxy) is 3. The highest BCUT2D eigenvalue weighted by Gasteiger charge is 2.34. The maximum atomic E-state index is 13.6. The summed E-state index contributed by atoms with van der Waals surface area (Å²) < 4.78 is 18.3. The van der Waals surface area contributed by atoms with Crippen LogP contribution in [0, 0.1) is 6.92 Å². The summed E-state index contributed by atoms with van der Waals surface area (Å²) in [6, 6.07) is 6.61. The number of hydrogen-bond donors (Lipinski definition) is 0. The molecule has 0 bridgehead atoms. The number of esters is 1. The molecule has 9 heteroatoms. The largest absolute Gasteiger partial charge is 0.493 e. The molecule has 0 N–H and O–H groups in total. The molecule has 34 heavy (non-hydrogen) atoms. The molecule has 0 spiro atoms. The van der Waals surface area contributed by atoms with Crippen molar-refractivity contribution in [2.45, 2.75) is 19.9 Å². The van der Waals surface area contributed by atoms with Crippen LogP contribution in [-0.2, 0) is 9.53 Å². The van der Waals surface area contributed by atoms with Gasteiger partial charge in [0.15, 0.2) is 16.3 Å². The van der Waals surface area contributed by atoms with Crippen LogP contribution in [0.4, 0.5) is 0 Å². The zero-order valence-corrected chi connectivity index (χ0v) is 20.9. The first-order chi connectivity index (χ1) is 16.4. The summed E-state index contributed by atoms with van der Waals surface area (Å²) in [5, 5.41) is 1.99. The Kier molecular flexibility index (Phi) is 6.85. The summed E-state index contributed by atoms with van der Waals surface area (Å²) in [4.78, 5) is 32.9. The molecule has 1 aliphatic rings. The Labute approximate surface area is 204 Å². The molecule has 0 amide bonds. The normalized spacial score (nSPS) is 15.5. The molecule has 1 atom stereocenters. The third-order valence-corrected chi connectivity index (χ3v) is 7.41. The van der Waals surface area contributed by atoms with Crippen molar-refractivity contribution in [1.29, 1.82) is 0 Å². The first kappa shape index (κ1) is 23.7. The molecule has 0 saturated heterocycles. The Morgan fingerprint density at radius 2 is 1.97 bits per heavy atom. The van der Waals surface area contributed by atoms with Gasteiger partial charge < -0.3 is 14.2 Å². The molecule has 0 saturated carbocycles. The number of carbonyl (C=O) groups excluding carboxylic acids is 1. The molecular formula is C25H24N2O5S2. The van der Waals surface area contributed by atoms with E-state index in [0.717, 1.165) is 10.4 Å². The number of methoxy groups -OCH3 is 2. The second-order valence-electron chi connectivity index (χ2n) is 7.55. The van der Waals surface area contributed by atoms with E-state index in [9.17, 15) is 9.59 Å². The summed E-state index contributed by atoms with van der Waals surface area (Å²) in [6.45, 7) is 7.41. The van der Waals surface area contributed by atoms with Gasteiger partial charge in [-0.15, -0.1) is 11.3 Å². The second-order valence-corrected chi connectivity index (χ2v) is 9.51. The molecule has 0 aliphatic carbocycles. The lowest BCUT2D eigenvalue weighted by Gasteiger charge is -2.25. The number of aromatic nitrogens is 1. The van der Waals surface area contributed by atoms with Crippen LogP contribution in [0.3, 0.4) is 0 Å². The van der Waals surface area contributed by atoms with Crippen LogP contribution in [0.15, 0.2) is 63.4 Å². The van der Waals surface area contributed by atoms with Crippen LogP contribution >= 0.6 is 22.7 Å². The molecule has 3 aromatic rings. The Bertz CT molecular complexity index is 1480. The van der Waals surface area contributed by atoms with E-state index in [0.29, 0.717) is 37.7 Å². The van der Waals surface area contributed by atoms with Gasteiger partial charge in [-0.25, -0.2) is 9.79 Å². The van der Waals surface area contributed by atoms with E-state index in [4.69, 9.17) is 14.2 Å². The van der Waals surface area contributed by atoms with Gasteiger partial charge in [0.2, 0.25) is 0 Å².